The molecule has 1 rings (SSSR count). The average molecular weight is 306 g/mol. The Morgan fingerprint density at radius 2 is 1.91 bits per heavy atom. The summed E-state index contributed by atoms with van der Waals surface area (Å²) in [7, 11) is 0. The minimum absolute atomic E-state index is 0.140. The Kier molecular flexibility index (Phi) is 8.17. The molecule has 122 valence electrons. The molecule has 0 bridgehead atoms. The molecule has 0 radical (unpaired) electrons. The number of benzene rings is 1. The quantitative estimate of drug-likeness (QED) is 0.667. The molecule has 22 heavy (non-hydrogen) atoms. The Bertz CT molecular complexity index is 462. The van der Waals surface area contributed by atoms with Crippen molar-refractivity contribution in [3.63, 3.8) is 0 Å². The second-order valence-corrected chi connectivity index (χ2v) is 5.64. The normalized spacial score (nSPS) is 10.8. The van der Waals surface area contributed by atoms with Crippen LogP contribution in [0.25, 0.3) is 0 Å². The van der Waals surface area contributed by atoms with Crippen molar-refractivity contribution < 1.29 is 9.59 Å². The molecule has 3 amide bonds. The summed E-state index contributed by atoms with van der Waals surface area (Å²) in [6.07, 6.45) is 0. The summed E-state index contributed by atoms with van der Waals surface area (Å²) in [4.78, 5) is 25.4. The lowest BCUT2D eigenvalue weighted by atomic mass is 10.2. The van der Waals surface area contributed by atoms with Gasteiger partial charge in [-0.2, -0.15) is 0 Å². The Hall–Kier alpha value is -1.92. The van der Waals surface area contributed by atoms with E-state index in [-0.39, 0.29) is 12.5 Å². The lowest BCUT2D eigenvalue weighted by Gasteiger charge is -2.21. The minimum atomic E-state index is -0.453. The monoisotopic (exact) mass is 306 g/mol. The maximum Gasteiger partial charge on any atom is 0.321 e. The molecule has 0 atom stereocenters. The van der Waals surface area contributed by atoms with Gasteiger partial charge >= 0.3 is 6.03 Å². The maximum atomic E-state index is 11.9. The molecule has 0 fully saturated rings. The Morgan fingerprint density at radius 1 is 1.23 bits per heavy atom. The van der Waals surface area contributed by atoms with E-state index in [0.29, 0.717) is 32.1 Å². The topological polar surface area (TPSA) is 87.5 Å². The average Bonchev–Trinajstić information content (AvgIpc) is 2.46. The number of carbonyl (C=O) groups is 2. The fourth-order valence-corrected chi connectivity index (χ4v) is 1.95. The lowest BCUT2D eigenvalue weighted by Crippen LogP contribution is -2.45. The zero-order valence-corrected chi connectivity index (χ0v) is 13.3. The van der Waals surface area contributed by atoms with E-state index in [1.165, 1.54) is 0 Å². The van der Waals surface area contributed by atoms with Crippen LogP contribution in [0.4, 0.5) is 4.79 Å². The van der Waals surface area contributed by atoms with Gasteiger partial charge in [0.2, 0.25) is 5.91 Å². The summed E-state index contributed by atoms with van der Waals surface area (Å²) in [6.45, 7) is 6.33. The molecule has 0 aliphatic carbocycles. The summed E-state index contributed by atoms with van der Waals surface area (Å²) in [5.41, 5.74) is 6.69. The minimum Gasteiger partial charge on any atom is -0.338 e. The molecular weight excluding hydrogens is 280 g/mol. The molecule has 1 aromatic rings. The zero-order chi connectivity index (χ0) is 16.4. The molecule has 0 aromatic heterocycles. The van der Waals surface area contributed by atoms with Gasteiger partial charge in [-0.25, -0.2) is 4.79 Å². The molecule has 6 nitrogen and oxygen atoms in total. The first-order chi connectivity index (χ1) is 10.5. The van der Waals surface area contributed by atoms with Gasteiger partial charge in [0, 0.05) is 26.2 Å². The van der Waals surface area contributed by atoms with E-state index in [9.17, 15) is 9.59 Å². The Balaban J connectivity index is 2.45. The van der Waals surface area contributed by atoms with Crippen LogP contribution in [-0.2, 0) is 11.3 Å². The third-order valence-electron chi connectivity index (χ3n) is 2.99. The molecule has 0 heterocycles. The highest BCUT2D eigenvalue weighted by molar-refractivity contribution is 5.95. The number of rotatable bonds is 8. The summed E-state index contributed by atoms with van der Waals surface area (Å²) in [6, 6.07) is 9.40. The van der Waals surface area contributed by atoms with Crippen molar-refractivity contribution in [2.75, 3.05) is 26.2 Å². The summed E-state index contributed by atoms with van der Waals surface area (Å²) >= 11 is 0. The highest BCUT2D eigenvalue weighted by atomic mass is 16.2. The Morgan fingerprint density at radius 3 is 2.50 bits per heavy atom. The van der Waals surface area contributed by atoms with Gasteiger partial charge in [0.1, 0.15) is 0 Å². The van der Waals surface area contributed by atoms with Crippen LogP contribution < -0.4 is 16.4 Å². The van der Waals surface area contributed by atoms with Crippen molar-refractivity contribution in [1.82, 2.24) is 15.5 Å². The number of nitrogens with zero attached hydrogens (tertiary/aromatic N) is 1. The van der Waals surface area contributed by atoms with Gasteiger partial charge in [-0.1, -0.05) is 44.2 Å². The zero-order valence-electron chi connectivity index (χ0n) is 13.3. The highest BCUT2D eigenvalue weighted by Crippen LogP contribution is 2.03. The van der Waals surface area contributed by atoms with Gasteiger partial charge in [0.05, 0.1) is 6.54 Å². The van der Waals surface area contributed by atoms with Crippen molar-refractivity contribution in [3.05, 3.63) is 35.9 Å². The van der Waals surface area contributed by atoms with Crippen molar-refractivity contribution >= 4 is 11.9 Å². The molecule has 6 heteroatoms. The van der Waals surface area contributed by atoms with Crippen molar-refractivity contribution in [1.29, 1.82) is 0 Å². The van der Waals surface area contributed by atoms with Crippen molar-refractivity contribution in [3.8, 4) is 0 Å². The fraction of sp³-hybridized carbons (Fsp3) is 0.500. The number of urea groups is 1. The van der Waals surface area contributed by atoms with Gasteiger partial charge < -0.3 is 11.1 Å². The maximum absolute atomic E-state index is 11.9. The number of hydrogen-bond acceptors (Lipinski definition) is 4. The Labute approximate surface area is 132 Å². The number of nitrogens with one attached hydrogen (secondary N) is 2. The van der Waals surface area contributed by atoms with Crippen LogP contribution in [0.5, 0.6) is 0 Å². The third-order valence-corrected chi connectivity index (χ3v) is 2.99. The van der Waals surface area contributed by atoms with E-state index >= 15 is 0 Å². The van der Waals surface area contributed by atoms with E-state index in [1.807, 2.05) is 49.1 Å². The van der Waals surface area contributed by atoms with Gasteiger partial charge in [0.15, 0.2) is 0 Å². The van der Waals surface area contributed by atoms with Crippen molar-refractivity contribution in [2.24, 2.45) is 11.7 Å². The van der Waals surface area contributed by atoms with Crippen LogP contribution >= 0.6 is 0 Å². The van der Waals surface area contributed by atoms with E-state index < -0.39 is 6.03 Å². The van der Waals surface area contributed by atoms with Crippen LogP contribution in [-0.4, -0.2) is 43.0 Å². The van der Waals surface area contributed by atoms with E-state index in [2.05, 4.69) is 10.6 Å². The predicted molar refractivity (Wildman–Crippen MR) is 87.2 cm³/mol. The second-order valence-electron chi connectivity index (χ2n) is 5.64. The summed E-state index contributed by atoms with van der Waals surface area (Å²) in [5.74, 6) is 0.0123. The van der Waals surface area contributed by atoms with Gasteiger partial charge in [0.25, 0.3) is 0 Å². The fourth-order valence-electron chi connectivity index (χ4n) is 1.95. The van der Waals surface area contributed by atoms with Gasteiger partial charge in [-0.15, -0.1) is 0 Å². The van der Waals surface area contributed by atoms with Crippen LogP contribution in [0.15, 0.2) is 30.3 Å². The molecule has 0 spiro atoms. The molecule has 0 aliphatic rings. The van der Waals surface area contributed by atoms with Crippen molar-refractivity contribution in [2.45, 2.75) is 20.4 Å². The van der Waals surface area contributed by atoms with Crippen LogP contribution in [0.1, 0.15) is 19.4 Å². The van der Waals surface area contributed by atoms with Crippen LogP contribution in [0.2, 0.25) is 0 Å². The van der Waals surface area contributed by atoms with E-state index in [1.54, 1.807) is 0 Å². The summed E-state index contributed by atoms with van der Waals surface area (Å²) in [5, 5.41) is 4.99. The molecule has 0 saturated heterocycles. The third kappa shape index (κ3) is 7.75. The SMILES string of the molecule is CC(C)CNC(=O)NC(=O)CN(CCN)Cc1ccccc1. The first-order valence-electron chi connectivity index (χ1n) is 7.55. The van der Waals surface area contributed by atoms with Crippen LogP contribution in [0, 0.1) is 5.92 Å². The first kappa shape index (κ1) is 18.1. The summed E-state index contributed by atoms with van der Waals surface area (Å²) < 4.78 is 0. The number of amides is 3. The second kappa shape index (κ2) is 9.92. The number of hydrogen-bond donors (Lipinski definition) is 3. The van der Waals surface area contributed by atoms with Gasteiger partial charge in [-0.05, 0) is 11.5 Å². The molecular formula is C16H26N4O2. The molecule has 0 saturated carbocycles. The molecule has 0 aliphatic heterocycles. The van der Waals surface area contributed by atoms with E-state index in [4.69, 9.17) is 5.73 Å². The van der Waals surface area contributed by atoms with Crippen LogP contribution in [0.3, 0.4) is 0 Å². The largest absolute Gasteiger partial charge is 0.338 e. The first-order valence-corrected chi connectivity index (χ1v) is 7.55. The standard InChI is InChI=1S/C16H26N4O2/c1-13(2)10-18-16(22)19-15(21)12-20(9-8-17)11-14-6-4-3-5-7-14/h3-7,13H,8-12,17H2,1-2H3,(H2,18,19,21,22). The number of imide groups is 1. The molecule has 0 unspecified atom stereocenters. The van der Waals surface area contributed by atoms with Gasteiger partial charge in [-0.3, -0.25) is 15.0 Å². The van der Waals surface area contributed by atoms with E-state index in [0.717, 1.165) is 5.56 Å². The number of carbonyl (C=O) groups excluding carboxylic acids is 2. The highest BCUT2D eigenvalue weighted by Gasteiger charge is 2.13. The smallest absolute Gasteiger partial charge is 0.321 e. The molecule has 4 N–H and O–H groups in total. The predicted octanol–water partition coefficient (Wildman–Crippen LogP) is 0.929. The number of nitrogens with two attached hydrogens (primary N) is 1. The molecule has 1 aromatic carbocycles. The lowest BCUT2D eigenvalue weighted by molar-refractivity contribution is -0.121.